The molecule has 0 aliphatic carbocycles. The maximum atomic E-state index is 3.64. The fraction of sp³-hybridized carbons (Fsp3) is 0. The van der Waals surface area contributed by atoms with Crippen LogP contribution < -0.4 is 5.32 Å². The van der Waals surface area contributed by atoms with Crippen LogP contribution in [0.2, 0.25) is 0 Å². The first-order valence-electron chi connectivity index (χ1n) is 15.0. The van der Waals surface area contributed by atoms with Gasteiger partial charge in [0.25, 0.3) is 0 Å². The van der Waals surface area contributed by atoms with Crippen molar-refractivity contribution in [2.24, 2.45) is 0 Å². The molecule has 2 nitrogen and oxygen atoms in total. The molecular weight excluding hydrogens is 532 g/mol. The van der Waals surface area contributed by atoms with E-state index in [9.17, 15) is 0 Å². The number of para-hydroxylation sites is 2. The Morgan fingerprint density at radius 3 is 1.66 bits per heavy atom. The van der Waals surface area contributed by atoms with Gasteiger partial charge in [0, 0.05) is 33.4 Å². The Morgan fingerprint density at radius 1 is 0.364 bits per heavy atom. The Balaban J connectivity index is 1.24. The molecular formula is C42H30N2. The number of hydrogen-bond donors (Lipinski definition) is 1. The summed E-state index contributed by atoms with van der Waals surface area (Å²) in [6.07, 6.45) is 0. The molecule has 2 heteroatoms. The summed E-state index contributed by atoms with van der Waals surface area (Å²) in [5, 5.41) is 6.14. The van der Waals surface area contributed by atoms with Crippen LogP contribution >= 0.6 is 0 Å². The maximum absolute atomic E-state index is 3.64. The number of nitrogens with one attached hydrogen (secondary N) is 1. The molecule has 0 aliphatic heterocycles. The molecule has 8 aromatic rings. The second-order valence-corrected chi connectivity index (χ2v) is 11.1. The lowest BCUT2D eigenvalue weighted by molar-refractivity contribution is 1.18. The molecule has 0 unspecified atom stereocenters. The van der Waals surface area contributed by atoms with E-state index < -0.39 is 0 Å². The molecule has 0 saturated carbocycles. The zero-order valence-corrected chi connectivity index (χ0v) is 24.2. The van der Waals surface area contributed by atoms with E-state index >= 15 is 0 Å². The standard InChI is InChI=1S/C42H30N2/c1-4-12-30(13-5-1)31-20-24-36(25-21-31)44-41-19-11-10-18-37(41)39-29-34(23-27-42(39)44)33-22-26-40(43-35-16-8-3-9-17-35)38(28-33)32-14-6-2-7-15-32/h1-29,43H. The fourth-order valence-corrected chi connectivity index (χ4v) is 6.23. The zero-order chi connectivity index (χ0) is 29.3. The van der Waals surface area contributed by atoms with Gasteiger partial charge in [-0.05, 0) is 82.4 Å². The molecule has 0 spiro atoms. The average Bonchev–Trinajstić information content (AvgIpc) is 3.43. The highest BCUT2D eigenvalue weighted by molar-refractivity contribution is 6.10. The summed E-state index contributed by atoms with van der Waals surface area (Å²) in [5.74, 6) is 0. The van der Waals surface area contributed by atoms with Crippen molar-refractivity contribution >= 4 is 33.2 Å². The number of aromatic nitrogens is 1. The smallest absolute Gasteiger partial charge is 0.0541 e. The van der Waals surface area contributed by atoms with Crippen LogP contribution in [-0.4, -0.2) is 4.57 Å². The van der Waals surface area contributed by atoms with Gasteiger partial charge in [0.2, 0.25) is 0 Å². The van der Waals surface area contributed by atoms with Gasteiger partial charge in [0.1, 0.15) is 0 Å². The predicted octanol–water partition coefficient (Wildman–Crippen LogP) is 11.5. The Hall–Kier alpha value is -5.86. The molecule has 1 heterocycles. The first kappa shape index (κ1) is 25.8. The largest absolute Gasteiger partial charge is 0.355 e. The van der Waals surface area contributed by atoms with Crippen molar-refractivity contribution in [2.45, 2.75) is 0 Å². The third-order valence-electron chi connectivity index (χ3n) is 8.40. The number of anilines is 2. The fourth-order valence-electron chi connectivity index (χ4n) is 6.23. The summed E-state index contributed by atoms with van der Waals surface area (Å²) in [7, 11) is 0. The zero-order valence-electron chi connectivity index (χ0n) is 24.2. The van der Waals surface area contributed by atoms with E-state index in [-0.39, 0.29) is 0 Å². The van der Waals surface area contributed by atoms with Crippen molar-refractivity contribution in [2.75, 3.05) is 5.32 Å². The van der Waals surface area contributed by atoms with Crippen molar-refractivity contribution in [1.82, 2.24) is 4.57 Å². The van der Waals surface area contributed by atoms with Gasteiger partial charge in [0.15, 0.2) is 0 Å². The van der Waals surface area contributed by atoms with Crippen LogP contribution in [0.15, 0.2) is 176 Å². The molecule has 44 heavy (non-hydrogen) atoms. The lowest BCUT2D eigenvalue weighted by Gasteiger charge is -2.15. The Labute approximate surface area is 257 Å². The van der Waals surface area contributed by atoms with E-state index in [4.69, 9.17) is 0 Å². The van der Waals surface area contributed by atoms with E-state index in [1.54, 1.807) is 0 Å². The molecule has 0 saturated heterocycles. The lowest BCUT2D eigenvalue weighted by atomic mass is 9.96. The average molecular weight is 563 g/mol. The third kappa shape index (κ3) is 4.73. The Kier molecular flexibility index (Phi) is 6.51. The summed E-state index contributed by atoms with van der Waals surface area (Å²) in [5.41, 5.74) is 12.9. The van der Waals surface area contributed by atoms with Crippen molar-refractivity contribution in [3.8, 4) is 39.1 Å². The number of nitrogens with zero attached hydrogens (tertiary/aromatic N) is 1. The third-order valence-corrected chi connectivity index (χ3v) is 8.40. The SMILES string of the molecule is c1ccc(Nc2ccc(-c3ccc4c(c3)c3ccccc3n4-c3ccc(-c4ccccc4)cc3)cc2-c2ccccc2)cc1. The summed E-state index contributed by atoms with van der Waals surface area (Å²) in [4.78, 5) is 0. The van der Waals surface area contributed by atoms with E-state index in [2.05, 4.69) is 180 Å². The number of benzene rings is 7. The Bertz CT molecular complexity index is 2210. The first-order valence-corrected chi connectivity index (χ1v) is 15.0. The van der Waals surface area contributed by atoms with Crippen molar-refractivity contribution in [3.63, 3.8) is 0 Å². The summed E-state index contributed by atoms with van der Waals surface area (Å²) < 4.78 is 2.38. The molecule has 208 valence electrons. The first-order chi connectivity index (χ1) is 21.8. The predicted molar refractivity (Wildman–Crippen MR) is 187 cm³/mol. The van der Waals surface area contributed by atoms with E-state index in [0.29, 0.717) is 0 Å². The highest BCUT2D eigenvalue weighted by Crippen LogP contribution is 2.38. The van der Waals surface area contributed by atoms with Crippen LogP contribution in [0.4, 0.5) is 11.4 Å². The minimum Gasteiger partial charge on any atom is -0.355 e. The van der Waals surface area contributed by atoms with Crippen LogP contribution in [0.25, 0.3) is 60.9 Å². The van der Waals surface area contributed by atoms with Gasteiger partial charge in [-0.2, -0.15) is 0 Å². The quantitative estimate of drug-likeness (QED) is 0.213. The Morgan fingerprint density at radius 2 is 0.909 bits per heavy atom. The van der Waals surface area contributed by atoms with Gasteiger partial charge in [-0.15, -0.1) is 0 Å². The number of hydrogen-bond acceptors (Lipinski definition) is 1. The minimum absolute atomic E-state index is 1.07. The maximum Gasteiger partial charge on any atom is 0.0541 e. The highest BCUT2D eigenvalue weighted by atomic mass is 15.0. The van der Waals surface area contributed by atoms with E-state index in [1.165, 1.54) is 55.2 Å². The van der Waals surface area contributed by atoms with Gasteiger partial charge in [-0.25, -0.2) is 0 Å². The second-order valence-electron chi connectivity index (χ2n) is 11.1. The number of fused-ring (bicyclic) bond motifs is 3. The molecule has 7 aromatic carbocycles. The van der Waals surface area contributed by atoms with Crippen molar-refractivity contribution in [1.29, 1.82) is 0 Å². The molecule has 1 aromatic heterocycles. The van der Waals surface area contributed by atoms with Gasteiger partial charge in [-0.1, -0.05) is 121 Å². The van der Waals surface area contributed by atoms with Gasteiger partial charge < -0.3 is 9.88 Å². The molecule has 0 bridgehead atoms. The molecule has 0 amide bonds. The second kappa shape index (κ2) is 11.1. The molecule has 1 N–H and O–H groups in total. The van der Waals surface area contributed by atoms with Gasteiger partial charge in [-0.3, -0.25) is 0 Å². The van der Waals surface area contributed by atoms with Crippen molar-refractivity contribution < 1.29 is 0 Å². The van der Waals surface area contributed by atoms with Gasteiger partial charge in [0.05, 0.1) is 11.0 Å². The van der Waals surface area contributed by atoms with Crippen LogP contribution in [0, 0.1) is 0 Å². The monoisotopic (exact) mass is 562 g/mol. The summed E-state index contributed by atoms with van der Waals surface area (Å²) in [6, 6.07) is 62.7. The highest BCUT2D eigenvalue weighted by Gasteiger charge is 2.15. The molecule has 0 aliphatic rings. The molecule has 0 atom stereocenters. The van der Waals surface area contributed by atoms with Crippen LogP contribution in [0.1, 0.15) is 0 Å². The van der Waals surface area contributed by atoms with E-state index in [1.807, 2.05) is 6.07 Å². The molecule has 8 rings (SSSR count). The minimum atomic E-state index is 1.07. The lowest BCUT2D eigenvalue weighted by Crippen LogP contribution is -1.94. The van der Waals surface area contributed by atoms with Crippen LogP contribution in [-0.2, 0) is 0 Å². The van der Waals surface area contributed by atoms with Crippen molar-refractivity contribution in [3.05, 3.63) is 176 Å². The molecule has 0 radical (unpaired) electrons. The van der Waals surface area contributed by atoms with E-state index in [0.717, 1.165) is 17.1 Å². The van der Waals surface area contributed by atoms with Crippen LogP contribution in [0.5, 0.6) is 0 Å². The summed E-state index contributed by atoms with van der Waals surface area (Å²) >= 11 is 0. The number of rotatable bonds is 6. The van der Waals surface area contributed by atoms with Gasteiger partial charge >= 0.3 is 0 Å². The normalized spacial score (nSPS) is 11.2. The van der Waals surface area contributed by atoms with Crippen LogP contribution in [0.3, 0.4) is 0 Å². The molecule has 0 fully saturated rings. The topological polar surface area (TPSA) is 17.0 Å². The summed E-state index contributed by atoms with van der Waals surface area (Å²) in [6.45, 7) is 0.